The van der Waals surface area contributed by atoms with E-state index >= 15 is 0 Å². The minimum Gasteiger partial charge on any atom is -0.366 e. The van der Waals surface area contributed by atoms with Crippen LogP contribution in [0.3, 0.4) is 0 Å². The molecule has 0 aliphatic heterocycles. The van der Waals surface area contributed by atoms with E-state index in [9.17, 15) is 26.7 Å². The fourth-order valence-corrected chi connectivity index (χ4v) is 3.25. The third kappa shape index (κ3) is 3.59. The van der Waals surface area contributed by atoms with Gasteiger partial charge >= 0.3 is 6.18 Å². The van der Waals surface area contributed by atoms with Crippen molar-refractivity contribution in [2.75, 3.05) is 0 Å². The number of aromatic nitrogens is 2. The topological polar surface area (TPSA) is 60.4 Å². The van der Waals surface area contributed by atoms with Crippen LogP contribution in [0.2, 0.25) is 0 Å². The number of primary amides is 1. The number of rotatable bonds is 3. The first-order valence-electron chi connectivity index (χ1n) is 7.83. The summed E-state index contributed by atoms with van der Waals surface area (Å²) >= 11 is 0. The third-order valence-corrected chi connectivity index (χ3v) is 4.60. The van der Waals surface area contributed by atoms with E-state index in [4.69, 9.17) is 5.73 Å². The zero-order chi connectivity index (χ0) is 18.4. The van der Waals surface area contributed by atoms with Gasteiger partial charge in [-0.1, -0.05) is 0 Å². The van der Waals surface area contributed by atoms with Crippen LogP contribution in [-0.4, -0.2) is 21.2 Å². The first kappa shape index (κ1) is 17.6. The molecule has 2 aromatic rings. The summed E-state index contributed by atoms with van der Waals surface area (Å²) in [6, 6.07) is 2.51. The van der Waals surface area contributed by atoms with Crippen LogP contribution in [-0.2, 0) is 12.6 Å². The second-order valence-corrected chi connectivity index (χ2v) is 6.42. The molecule has 2 aromatic heterocycles. The Morgan fingerprint density at radius 1 is 1.32 bits per heavy atom. The lowest BCUT2D eigenvalue weighted by Crippen LogP contribution is -2.26. The van der Waals surface area contributed by atoms with E-state index in [0.29, 0.717) is 0 Å². The van der Waals surface area contributed by atoms with Crippen molar-refractivity contribution in [3.05, 3.63) is 35.3 Å². The van der Waals surface area contributed by atoms with Crippen molar-refractivity contribution in [3.63, 3.8) is 0 Å². The number of imidazole rings is 1. The maximum Gasteiger partial charge on any atom is 0.435 e. The molecular formula is C16H16F5N3O. The molecule has 0 bridgehead atoms. The number of carbonyl (C=O) groups is 1. The van der Waals surface area contributed by atoms with E-state index in [2.05, 4.69) is 4.98 Å². The smallest absolute Gasteiger partial charge is 0.366 e. The minimum absolute atomic E-state index is 0.00199. The van der Waals surface area contributed by atoms with Crippen molar-refractivity contribution in [2.45, 2.75) is 44.2 Å². The summed E-state index contributed by atoms with van der Waals surface area (Å²) in [4.78, 5) is 14.8. The van der Waals surface area contributed by atoms with E-state index < -0.39 is 23.7 Å². The zero-order valence-electron chi connectivity index (χ0n) is 13.1. The fourth-order valence-electron chi connectivity index (χ4n) is 3.25. The highest BCUT2D eigenvalue weighted by molar-refractivity contribution is 5.93. The van der Waals surface area contributed by atoms with Crippen molar-refractivity contribution in [2.24, 2.45) is 11.7 Å². The fraction of sp³-hybridized carbons (Fsp3) is 0.500. The number of carbonyl (C=O) groups excluding carboxylic acids is 1. The van der Waals surface area contributed by atoms with Crippen LogP contribution in [0.25, 0.3) is 5.65 Å². The van der Waals surface area contributed by atoms with Crippen molar-refractivity contribution in [3.8, 4) is 0 Å². The number of hydrogen-bond donors (Lipinski definition) is 1. The molecule has 0 saturated heterocycles. The molecule has 1 aliphatic carbocycles. The van der Waals surface area contributed by atoms with Gasteiger partial charge in [-0.15, -0.1) is 0 Å². The van der Waals surface area contributed by atoms with E-state index in [1.54, 1.807) is 0 Å². The lowest BCUT2D eigenvalue weighted by Gasteiger charge is -2.28. The largest absolute Gasteiger partial charge is 0.435 e. The van der Waals surface area contributed by atoms with E-state index in [-0.39, 0.29) is 54.9 Å². The van der Waals surface area contributed by atoms with Gasteiger partial charge in [0.05, 0.1) is 5.69 Å². The third-order valence-electron chi connectivity index (χ3n) is 4.60. The van der Waals surface area contributed by atoms with Gasteiger partial charge < -0.3 is 10.1 Å². The zero-order valence-corrected chi connectivity index (χ0v) is 13.1. The maximum atomic E-state index is 13.3. The van der Waals surface area contributed by atoms with E-state index in [0.717, 1.165) is 0 Å². The molecule has 0 atom stereocenters. The lowest BCUT2D eigenvalue weighted by atomic mass is 9.83. The molecule has 2 N–H and O–H groups in total. The molecule has 136 valence electrons. The van der Waals surface area contributed by atoms with Gasteiger partial charge in [0, 0.05) is 24.6 Å². The summed E-state index contributed by atoms with van der Waals surface area (Å²) in [5.41, 5.74) is 4.03. The summed E-state index contributed by atoms with van der Waals surface area (Å²) < 4.78 is 67.8. The van der Waals surface area contributed by atoms with Gasteiger partial charge in [-0.3, -0.25) is 4.79 Å². The minimum atomic E-state index is -4.67. The normalized spacial score (nSPS) is 18.6. The Labute approximate surface area is 139 Å². The van der Waals surface area contributed by atoms with Crippen molar-refractivity contribution in [1.82, 2.24) is 9.38 Å². The van der Waals surface area contributed by atoms with Crippen LogP contribution in [0.15, 0.2) is 18.3 Å². The highest BCUT2D eigenvalue weighted by Crippen LogP contribution is 2.39. The van der Waals surface area contributed by atoms with Crippen molar-refractivity contribution >= 4 is 11.6 Å². The summed E-state index contributed by atoms with van der Waals surface area (Å²) in [7, 11) is 0. The van der Waals surface area contributed by atoms with Gasteiger partial charge in [0.1, 0.15) is 5.65 Å². The molecule has 1 amide bonds. The molecule has 1 saturated carbocycles. The molecule has 0 spiro atoms. The number of fused-ring (bicyclic) bond motifs is 1. The second kappa shape index (κ2) is 5.96. The van der Waals surface area contributed by atoms with Gasteiger partial charge in [-0.2, -0.15) is 13.2 Å². The highest BCUT2D eigenvalue weighted by atomic mass is 19.4. The Kier molecular flexibility index (Phi) is 4.20. The van der Waals surface area contributed by atoms with Crippen molar-refractivity contribution < 1.29 is 26.7 Å². The second-order valence-electron chi connectivity index (χ2n) is 6.42. The molecule has 9 heteroatoms. The van der Waals surface area contributed by atoms with Gasteiger partial charge in [-0.05, 0) is 37.3 Å². The SMILES string of the molecule is NC(=O)c1ccn2c(CC3CCC(F)(F)CC3)c(C(F)(F)F)nc2c1. The Morgan fingerprint density at radius 3 is 2.52 bits per heavy atom. The number of hydrogen-bond acceptors (Lipinski definition) is 2. The molecule has 1 aliphatic rings. The molecule has 0 aromatic carbocycles. The number of nitrogens with two attached hydrogens (primary N) is 1. The van der Waals surface area contributed by atoms with Gasteiger partial charge in [0.25, 0.3) is 0 Å². The van der Waals surface area contributed by atoms with Crippen LogP contribution in [0.4, 0.5) is 22.0 Å². The quantitative estimate of drug-likeness (QED) is 0.845. The predicted octanol–water partition coefficient (Wildman–Crippen LogP) is 3.82. The molecule has 4 nitrogen and oxygen atoms in total. The molecule has 0 unspecified atom stereocenters. The summed E-state index contributed by atoms with van der Waals surface area (Å²) in [5.74, 6) is -3.77. The lowest BCUT2D eigenvalue weighted by molar-refractivity contribution is -0.141. The molecule has 1 fully saturated rings. The number of halogens is 5. The maximum absolute atomic E-state index is 13.3. The monoisotopic (exact) mass is 361 g/mol. The number of pyridine rings is 1. The van der Waals surface area contributed by atoms with Crippen molar-refractivity contribution in [1.29, 1.82) is 0 Å². The molecule has 3 rings (SSSR count). The number of alkyl halides is 5. The highest BCUT2D eigenvalue weighted by Gasteiger charge is 2.40. The Morgan fingerprint density at radius 2 is 1.96 bits per heavy atom. The summed E-state index contributed by atoms with van der Waals surface area (Å²) in [6.45, 7) is 0. The summed E-state index contributed by atoms with van der Waals surface area (Å²) in [6.07, 6.45) is -3.67. The molecule has 0 radical (unpaired) electrons. The van der Waals surface area contributed by atoms with Crippen LogP contribution in [0.5, 0.6) is 0 Å². The first-order chi connectivity index (χ1) is 11.6. The number of amides is 1. The molecule has 25 heavy (non-hydrogen) atoms. The standard InChI is InChI=1S/C16H16F5N3O/c17-15(18)4-1-9(2-5-15)7-11-13(16(19,20)21)23-12-8-10(14(22)25)3-6-24(11)12/h3,6,8-9H,1-2,4-5,7H2,(H2,22,25). The Hall–Kier alpha value is -2.19. The average molecular weight is 361 g/mol. The molecular weight excluding hydrogens is 345 g/mol. The van der Waals surface area contributed by atoms with E-state index in [1.807, 2.05) is 0 Å². The molecule has 2 heterocycles. The van der Waals surface area contributed by atoms with E-state index in [1.165, 1.54) is 22.7 Å². The van der Waals surface area contributed by atoms with Crippen LogP contribution in [0, 0.1) is 5.92 Å². The van der Waals surface area contributed by atoms with Crippen LogP contribution in [0.1, 0.15) is 47.4 Å². The predicted molar refractivity (Wildman–Crippen MR) is 79.3 cm³/mol. The number of nitrogens with zero attached hydrogens (tertiary/aromatic N) is 2. The Balaban J connectivity index is 1.98. The first-order valence-corrected chi connectivity index (χ1v) is 7.83. The average Bonchev–Trinajstić information content (AvgIpc) is 2.87. The van der Waals surface area contributed by atoms with Gasteiger partial charge in [0.2, 0.25) is 11.8 Å². The van der Waals surface area contributed by atoms with Gasteiger partial charge in [-0.25, -0.2) is 13.8 Å². The van der Waals surface area contributed by atoms with Crippen LogP contribution >= 0.6 is 0 Å². The van der Waals surface area contributed by atoms with Crippen LogP contribution < -0.4 is 5.73 Å². The summed E-state index contributed by atoms with van der Waals surface area (Å²) in [5, 5.41) is 0. The van der Waals surface area contributed by atoms with Gasteiger partial charge in [0.15, 0.2) is 5.69 Å². The Bertz CT molecular complexity index is 802.